The topological polar surface area (TPSA) is 49.4 Å². The molecule has 1 aromatic carbocycles. The number of hydrogen-bond donors (Lipinski definition) is 1. The second kappa shape index (κ2) is 7.92. The zero-order valence-electron chi connectivity index (χ0n) is 13.8. The standard InChI is InChI=1S/C16H28N2O2S/c1-6-12-17-14(4)15-8-10-16(11-9-15)21(19,20)18(5)13(3)7-2/h8-11,13-14,17H,6-7,12H2,1-5H3. The van der Waals surface area contributed by atoms with Crippen molar-refractivity contribution in [1.29, 1.82) is 0 Å². The maximum atomic E-state index is 12.5. The molecule has 2 atom stereocenters. The van der Waals surface area contributed by atoms with E-state index in [1.54, 1.807) is 19.2 Å². The predicted octanol–water partition coefficient (Wildman–Crippen LogP) is 3.17. The van der Waals surface area contributed by atoms with Crippen LogP contribution in [-0.4, -0.2) is 32.4 Å². The highest BCUT2D eigenvalue weighted by Crippen LogP contribution is 2.20. The summed E-state index contributed by atoms with van der Waals surface area (Å²) in [6, 6.07) is 7.42. The molecule has 1 N–H and O–H groups in total. The maximum Gasteiger partial charge on any atom is 0.243 e. The summed E-state index contributed by atoms with van der Waals surface area (Å²) < 4.78 is 26.4. The molecule has 0 saturated heterocycles. The Morgan fingerprint density at radius 3 is 2.19 bits per heavy atom. The Bertz CT molecular complexity index is 526. The molecule has 1 rings (SSSR count). The number of hydrogen-bond acceptors (Lipinski definition) is 3. The second-order valence-electron chi connectivity index (χ2n) is 5.52. The Kier molecular flexibility index (Phi) is 6.84. The van der Waals surface area contributed by atoms with Crippen LogP contribution in [0.2, 0.25) is 0 Å². The fourth-order valence-electron chi connectivity index (χ4n) is 2.07. The molecule has 0 aliphatic carbocycles. The summed E-state index contributed by atoms with van der Waals surface area (Å²) in [7, 11) is -1.76. The fourth-order valence-corrected chi connectivity index (χ4v) is 3.50. The summed E-state index contributed by atoms with van der Waals surface area (Å²) in [4.78, 5) is 0.358. The SMILES string of the molecule is CCCNC(C)c1ccc(S(=O)(=O)N(C)C(C)CC)cc1. The van der Waals surface area contributed by atoms with Gasteiger partial charge in [0.1, 0.15) is 0 Å². The van der Waals surface area contributed by atoms with Gasteiger partial charge in [0.15, 0.2) is 0 Å². The minimum atomic E-state index is -3.40. The summed E-state index contributed by atoms with van der Waals surface area (Å²) >= 11 is 0. The Hall–Kier alpha value is -0.910. The number of sulfonamides is 1. The molecule has 0 heterocycles. The lowest BCUT2D eigenvalue weighted by molar-refractivity contribution is 0.380. The van der Waals surface area contributed by atoms with Crippen molar-refractivity contribution in [2.45, 2.75) is 57.5 Å². The van der Waals surface area contributed by atoms with Crippen molar-refractivity contribution >= 4 is 10.0 Å². The minimum Gasteiger partial charge on any atom is -0.310 e. The molecule has 4 nitrogen and oxygen atoms in total. The van der Waals surface area contributed by atoms with Crippen LogP contribution >= 0.6 is 0 Å². The summed E-state index contributed by atoms with van der Waals surface area (Å²) in [5.41, 5.74) is 1.11. The number of rotatable bonds is 8. The van der Waals surface area contributed by atoms with Crippen LogP contribution in [0.3, 0.4) is 0 Å². The molecule has 0 amide bonds. The molecule has 21 heavy (non-hydrogen) atoms. The van der Waals surface area contributed by atoms with Crippen LogP contribution in [0.4, 0.5) is 0 Å². The van der Waals surface area contributed by atoms with Crippen molar-refractivity contribution in [2.75, 3.05) is 13.6 Å². The van der Waals surface area contributed by atoms with Crippen LogP contribution in [0.5, 0.6) is 0 Å². The van der Waals surface area contributed by atoms with Crippen LogP contribution in [-0.2, 0) is 10.0 Å². The first-order valence-electron chi connectivity index (χ1n) is 7.65. The summed E-state index contributed by atoms with van der Waals surface area (Å²) in [5, 5.41) is 3.40. The van der Waals surface area contributed by atoms with Gasteiger partial charge in [-0.1, -0.05) is 26.0 Å². The van der Waals surface area contributed by atoms with Crippen molar-refractivity contribution in [3.05, 3.63) is 29.8 Å². The number of benzene rings is 1. The molecule has 0 aromatic heterocycles. The Morgan fingerprint density at radius 1 is 1.14 bits per heavy atom. The van der Waals surface area contributed by atoms with E-state index in [2.05, 4.69) is 19.2 Å². The van der Waals surface area contributed by atoms with E-state index < -0.39 is 10.0 Å². The van der Waals surface area contributed by atoms with Crippen molar-refractivity contribution in [1.82, 2.24) is 9.62 Å². The lowest BCUT2D eigenvalue weighted by Gasteiger charge is -2.23. The summed E-state index contributed by atoms with van der Waals surface area (Å²) in [6.45, 7) is 9.08. The van der Waals surface area contributed by atoms with E-state index >= 15 is 0 Å². The molecule has 0 fully saturated rings. The van der Waals surface area contributed by atoms with Gasteiger partial charge in [0.05, 0.1) is 4.90 Å². The minimum absolute atomic E-state index is 0.000166. The molecule has 2 unspecified atom stereocenters. The molecule has 0 spiro atoms. The van der Waals surface area contributed by atoms with Gasteiger partial charge >= 0.3 is 0 Å². The van der Waals surface area contributed by atoms with E-state index in [-0.39, 0.29) is 12.1 Å². The lowest BCUT2D eigenvalue weighted by atomic mass is 10.1. The smallest absolute Gasteiger partial charge is 0.243 e. The third kappa shape index (κ3) is 4.53. The molecule has 0 aliphatic heterocycles. The monoisotopic (exact) mass is 312 g/mol. The quantitative estimate of drug-likeness (QED) is 0.802. The summed E-state index contributed by atoms with van der Waals surface area (Å²) in [6.07, 6.45) is 1.88. The zero-order valence-corrected chi connectivity index (χ0v) is 14.6. The Labute approximate surface area is 129 Å². The van der Waals surface area contributed by atoms with Crippen LogP contribution in [0, 0.1) is 0 Å². The molecule has 0 saturated carbocycles. The van der Waals surface area contributed by atoms with Crippen LogP contribution < -0.4 is 5.32 Å². The van der Waals surface area contributed by atoms with Gasteiger partial charge < -0.3 is 5.32 Å². The molecule has 120 valence electrons. The summed E-state index contributed by atoms with van der Waals surface area (Å²) in [5.74, 6) is 0. The maximum absolute atomic E-state index is 12.5. The van der Waals surface area contributed by atoms with Crippen molar-refractivity contribution in [2.24, 2.45) is 0 Å². The highest BCUT2D eigenvalue weighted by Gasteiger charge is 2.24. The van der Waals surface area contributed by atoms with Crippen LogP contribution in [0.15, 0.2) is 29.2 Å². The van der Waals surface area contributed by atoms with Gasteiger partial charge in [-0.2, -0.15) is 4.31 Å². The fraction of sp³-hybridized carbons (Fsp3) is 0.625. The predicted molar refractivity (Wildman–Crippen MR) is 87.9 cm³/mol. The molecule has 0 aliphatic rings. The van der Waals surface area contributed by atoms with E-state index in [0.717, 1.165) is 24.9 Å². The van der Waals surface area contributed by atoms with Crippen molar-refractivity contribution < 1.29 is 8.42 Å². The van der Waals surface area contributed by atoms with Crippen molar-refractivity contribution in [3.63, 3.8) is 0 Å². The van der Waals surface area contributed by atoms with E-state index in [1.165, 1.54) is 4.31 Å². The van der Waals surface area contributed by atoms with E-state index in [9.17, 15) is 8.42 Å². The number of nitrogens with zero attached hydrogens (tertiary/aromatic N) is 1. The highest BCUT2D eigenvalue weighted by molar-refractivity contribution is 7.89. The molecular formula is C16H28N2O2S. The Balaban J connectivity index is 2.91. The molecule has 1 aromatic rings. The Morgan fingerprint density at radius 2 is 1.71 bits per heavy atom. The molecular weight excluding hydrogens is 284 g/mol. The van der Waals surface area contributed by atoms with Crippen LogP contribution in [0.1, 0.15) is 52.1 Å². The third-order valence-electron chi connectivity index (χ3n) is 3.97. The first-order chi connectivity index (χ1) is 9.84. The average Bonchev–Trinajstić information content (AvgIpc) is 2.51. The van der Waals surface area contributed by atoms with Gasteiger partial charge in [0.25, 0.3) is 0 Å². The van der Waals surface area contributed by atoms with Gasteiger partial charge in [0, 0.05) is 19.1 Å². The lowest BCUT2D eigenvalue weighted by Crippen LogP contribution is -2.34. The first-order valence-corrected chi connectivity index (χ1v) is 9.09. The zero-order chi connectivity index (χ0) is 16.0. The average molecular weight is 312 g/mol. The van der Waals surface area contributed by atoms with E-state index in [1.807, 2.05) is 26.0 Å². The van der Waals surface area contributed by atoms with Gasteiger partial charge in [-0.15, -0.1) is 0 Å². The van der Waals surface area contributed by atoms with Gasteiger partial charge in [-0.3, -0.25) is 0 Å². The second-order valence-corrected chi connectivity index (χ2v) is 7.52. The largest absolute Gasteiger partial charge is 0.310 e. The van der Waals surface area contributed by atoms with Crippen LogP contribution in [0.25, 0.3) is 0 Å². The van der Waals surface area contributed by atoms with Gasteiger partial charge in [-0.05, 0) is 50.9 Å². The number of nitrogens with one attached hydrogen (secondary N) is 1. The molecule has 5 heteroatoms. The van der Waals surface area contributed by atoms with Crippen molar-refractivity contribution in [3.8, 4) is 0 Å². The highest BCUT2D eigenvalue weighted by atomic mass is 32.2. The first kappa shape index (κ1) is 18.1. The van der Waals surface area contributed by atoms with Gasteiger partial charge in [-0.25, -0.2) is 8.42 Å². The molecule has 0 bridgehead atoms. The van der Waals surface area contributed by atoms with E-state index in [0.29, 0.717) is 4.90 Å². The molecule has 0 radical (unpaired) electrons. The van der Waals surface area contributed by atoms with Gasteiger partial charge in [0.2, 0.25) is 10.0 Å². The van der Waals surface area contributed by atoms with E-state index in [4.69, 9.17) is 0 Å². The normalized spacial score (nSPS) is 15.1. The third-order valence-corrected chi connectivity index (χ3v) is 5.96.